The van der Waals surface area contributed by atoms with Gasteiger partial charge >= 0.3 is 0 Å². The minimum atomic E-state index is -0.592. The van der Waals surface area contributed by atoms with Crippen LogP contribution < -0.4 is 10.1 Å². The molecule has 0 spiro atoms. The number of carbonyl (C=O) groups excluding carboxylic acids is 2. The molecule has 0 saturated heterocycles. The van der Waals surface area contributed by atoms with Crippen molar-refractivity contribution >= 4 is 11.8 Å². The van der Waals surface area contributed by atoms with E-state index in [1.54, 1.807) is 6.92 Å². The van der Waals surface area contributed by atoms with Crippen LogP contribution in [0.25, 0.3) is 0 Å². The zero-order valence-electron chi connectivity index (χ0n) is 18.9. The molecular weight excluding hydrogens is 388 g/mol. The first-order valence-corrected chi connectivity index (χ1v) is 11.3. The summed E-state index contributed by atoms with van der Waals surface area (Å²) in [7, 11) is 0. The van der Waals surface area contributed by atoms with Crippen LogP contribution >= 0.6 is 0 Å². The van der Waals surface area contributed by atoms with E-state index in [4.69, 9.17) is 4.74 Å². The van der Waals surface area contributed by atoms with Gasteiger partial charge in [-0.2, -0.15) is 0 Å². The molecule has 1 N–H and O–H groups in total. The fourth-order valence-corrected chi connectivity index (χ4v) is 4.33. The summed E-state index contributed by atoms with van der Waals surface area (Å²) in [4.78, 5) is 27.5. The Morgan fingerprint density at radius 2 is 1.87 bits per heavy atom. The molecule has 0 bridgehead atoms. The summed E-state index contributed by atoms with van der Waals surface area (Å²) >= 11 is 0. The van der Waals surface area contributed by atoms with Gasteiger partial charge in [0, 0.05) is 18.5 Å². The van der Waals surface area contributed by atoms with Crippen LogP contribution in [0.3, 0.4) is 0 Å². The van der Waals surface area contributed by atoms with Crippen LogP contribution in [0.15, 0.2) is 42.5 Å². The van der Waals surface area contributed by atoms with Gasteiger partial charge in [-0.1, -0.05) is 35.9 Å². The molecule has 5 nitrogen and oxygen atoms in total. The molecule has 4 rings (SSSR count). The summed E-state index contributed by atoms with van der Waals surface area (Å²) in [6.45, 7) is 8.43. The molecule has 1 aliphatic heterocycles. The molecule has 2 aromatic carbocycles. The lowest BCUT2D eigenvalue weighted by Gasteiger charge is -2.38. The third-order valence-electron chi connectivity index (χ3n) is 6.03. The normalized spacial score (nSPS) is 19.0. The van der Waals surface area contributed by atoms with Crippen molar-refractivity contribution in [1.82, 2.24) is 10.2 Å². The second kappa shape index (κ2) is 8.74. The fraction of sp³-hybridized carbons (Fsp3) is 0.462. The van der Waals surface area contributed by atoms with Crippen LogP contribution in [0, 0.1) is 12.8 Å². The molecule has 0 unspecified atom stereocenters. The molecule has 1 fully saturated rings. The topological polar surface area (TPSA) is 58.6 Å². The smallest absolute Gasteiger partial charge is 0.260 e. The van der Waals surface area contributed by atoms with Gasteiger partial charge in [-0.25, -0.2) is 0 Å². The monoisotopic (exact) mass is 420 g/mol. The number of carbonyl (C=O) groups is 2. The van der Waals surface area contributed by atoms with E-state index >= 15 is 0 Å². The van der Waals surface area contributed by atoms with Gasteiger partial charge < -0.3 is 15.0 Å². The Hall–Kier alpha value is -2.82. The number of hydrogen-bond acceptors (Lipinski definition) is 3. The molecule has 0 radical (unpaired) electrons. The second-order valence-electron chi connectivity index (χ2n) is 9.16. The molecular formula is C26H32N2O3. The Morgan fingerprint density at radius 1 is 1.10 bits per heavy atom. The highest BCUT2D eigenvalue weighted by atomic mass is 16.5. The first-order chi connectivity index (χ1) is 14.8. The van der Waals surface area contributed by atoms with Crippen molar-refractivity contribution in [3.05, 3.63) is 64.7 Å². The molecule has 2 aliphatic rings. The lowest BCUT2D eigenvalue weighted by molar-refractivity contribution is -0.134. The third kappa shape index (κ3) is 4.76. The van der Waals surface area contributed by atoms with E-state index < -0.39 is 6.10 Å². The molecule has 0 aromatic heterocycles. The van der Waals surface area contributed by atoms with E-state index in [1.165, 1.54) is 11.1 Å². The summed E-state index contributed by atoms with van der Waals surface area (Å²) in [5.41, 5.74) is 4.63. The van der Waals surface area contributed by atoms with E-state index in [2.05, 4.69) is 42.6 Å². The molecule has 1 heterocycles. The Kier molecular flexibility index (Phi) is 6.03. The minimum absolute atomic E-state index is 0.0646. The van der Waals surface area contributed by atoms with Gasteiger partial charge in [-0.3, -0.25) is 9.59 Å². The third-order valence-corrected chi connectivity index (χ3v) is 6.03. The minimum Gasteiger partial charge on any atom is -0.481 e. The largest absolute Gasteiger partial charge is 0.481 e. The SMILES string of the molecule is Cc1cccc([C@@H]2c3cc(O[C@@H](C)C(=O)NC(C)C)ccc3CCN2C(=O)C2CC2)c1. The maximum atomic E-state index is 13.1. The van der Waals surface area contributed by atoms with Gasteiger partial charge in [0.1, 0.15) is 5.75 Å². The van der Waals surface area contributed by atoms with E-state index in [0.29, 0.717) is 5.75 Å². The lowest BCUT2D eigenvalue weighted by atomic mass is 9.87. The number of aryl methyl sites for hydroxylation is 1. The Balaban J connectivity index is 1.67. The van der Waals surface area contributed by atoms with Crippen LogP contribution in [-0.2, 0) is 16.0 Å². The highest BCUT2D eigenvalue weighted by molar-refractivity contribution is 5.82. The Labute approximate surface area is 184 Å². The van der Waals surface area contributed by atoms with Crippen molar-refractivity contribution in [3.63, 3.8) is 0 Å². The summed E-state index contributed by atoms with van der Waals surface area (Å²) in [5, 5.41) is 2.89. The number of benzene rings is 2. The van der Waals surface area contributed by atoms with E-state index in [1.807, 2.05) is 30.9 Å². The molecule has 2 amide bonds. The van der Waals surface area contributed by atoms with E-state index in [-0.39, 0.29) is 29.8 Å². The van der Waals surface area contributed by atoms with Crippen molar-refractivity contribution < 1.29 is 14.3 Å². The average Bonchev–Trinajstić information content (AvgIpc) is 3.57. The van der Waals surface area contributed by atoms with Crippen LogP contribution in [-0.4, -0.2) is 35.4 Å². The van der Waals surface area contributed by atoms with E-state index in [0.717, 1.165) is 36.9 Å². The van der Waals surface area contributed by atoms with Gasteiger partial charge in [0.25, 0.3) is 5.91 Å². The number of amides is 2. The second-order valence-corrected chi connectivity index (χ2v) is 9.16. The van der Waals surface area contributed by atoms with Crippen molar-refractivity contribution in [3.8, 4) is 5.75 Å². The van der Waals surface area contributed by atoms with Gasteiger partial charge in [0.15, 0.2) is 6.10 Å². The van der Waals surface area contributed by atoms with Crippen molar-refractivity contribution in [2.24, 2.45) is 5.92 Å². The molecule has 5 heteroatoms. The van der Waals surface area contributed by atoms with Crippen molar-refractivity contribution in [1.29, 1.82) is 0 Å². The van der Waals surface area contributed by atoms with Crippen LogP contribution in [0.5, 0.6) is 5.75 Å². The number of nitrogens with zero attached hydrogens (tertiary/aromatic N) is 1. The standard InChI is InChI=1S/C26H32N2O3/c1-16(2)27-25(29)18(4)31-22-11-10-19-12-13-28(26(30)20-8-9-20)24(23(19)15-22)21-7-5-6-17(3)14-21/h5-7,10-11,14-16,18,20,24H,8-9,12-13H2,1-4H3,(H,27,29)/t18-,24+/m0/s1. The number of fused-ring (bicyclic) bond motifs is 1. The molecule has 2 atom stereocenters. The van der Waals surface area contributed by atoms with Gasteiger partial charge in [0.2, 0.25) is 5.91 Å². The summed E-state index contributed by atoms with van der Waals surface area (Å²) in [6, 6.07) is 14.4. The van der Waals surface area contributed by atoms with Gasteiger partial charge in [-0.15, -0.1) is 0 Å². The maximum Gasteiger partial charge on any atom is 0.260 e. The Bertz CT molecular complexity index is 980. The van der Waals surface area contributed by atoms with Gasteiger partial charge in [0.05, 0.1) is 6.04 Å². The highest BCUT2D eigenvalue weighted by Crippen LogP contribution is 2.41. The van der Waals surface area contributed by atoms with E-state index in [9.17, 15) is 9.59 Å². The van der Waals surface area contributed by atoms with Gasteiger partial charge in [-0.05, 0) is 75.8 Å². The van der Waals surface area contributed by atoms with Crippen molar-refractivity contribution in [2.75, 3.05) is 6.54 Å². The summed E-state index contributed by atoms with van der Waals surface area (Å²) in [5.74, 6) is 0.957. The predicted octanol–water partition coefficient (Wildman–Crippen LogP) is 4.17. The van der Waals surface area contributed by atoms with Crippen molar-refractivity contribution in [2.45, 2.75) is 65.1 Å². The number of rotatable bonds is 6. The first-order valence-electron chi connectivity index (χ1n) is 11.3. The molecule has 31 heavy (non-hydrogen) atoms. The summed E-state index contributed by atoms with van der Waals surface area (Å²) in [6.07, 6.45) is 2.23. The average molecular weight is 421 g/mol. The maximum absolute atomic E-state index is 13.1. The Morgan fingerprint density at radius 3 is 2.55 bits per heavy atom. The molecule has 164 valence electrons. The number of ether oxygens (including phenoxy) is 1. The number of nitrogens with one attached hydrogen (secondary N) is 1. The van der Waals surface area contributed by atoms with Crippen LogP contribution in [0.1, 0.15) is 61.9 Å². The molecule has 1 aliphatic carbocycles. The number of hydrogen-bond donors (Lipinski definition) is 1. The van der Waals surface area contributed by atoms with Crippen LogP contribution in [0.2, 0.25) is 0 Å². The predicted molar refractivity (Wildman–Crippen MR) is 121 cm³/mol. The molecule has 1 saturated carbocycles. The zero-order valence-corrected chi connectivity index (χ0v) is 18.9. The highest BCUT2D eigenvalue weighted by Gasteiger charge is 2.39. The lowest BCUT2D eigenvalue weighted by Crippen LogP contribution is -2.41. The summed E-state index contributed by atoms with van der Waals surface area (Å²) < 4.78 is 5.99. The first kappa shape index (κ1) is 21.4. The zero-order chi connectivity index (χ0) is 22.1. The quantitative estimate of drug-likeness (QED) is 0.763. The van der Waals surface area contributed by atoms with Crippen LogP contribution in [0.4, 0.5) is 0 Å². The fourth-order valence-electron chi connectivity index (χ4n) is 4.33. The molecule has 2 aromatic rings.